The van der Waals surface area contributed by atoms with Crippen LogP contribution in [0.15, 0.2) is 24.3 Å². The minimum atomic E-state index is -4.42. The van der Waals surface area contributed by atoms with Gasteiger partial charge in [0.2, 0.25) is 5.91 Å². The molecule has 1 aromatic carbocycles. The number of hydrogen-bond donors (Lipinski definition) is 1. The summed E-state index contributed by atoms with van der Waals surface area (Å²) in [7, 11) is 0. The molecule has 0 spiro atoms. The number of hydrogen-bond acceptors (Lipinski definition) is 2. The van der Waals surface area contributed by atoms with Gasteiger partial charge < -0.3 is 4.90 Å². The summed E-state index contributed by atoms with van der Waals surface area (Å²) in [4.78, 5) is 14.0. The van der Waals surface area contributed by atoms with Gasteiger partial charge in [-0.1, -0.05) is 25.1 Å². The van der Waals surface area contributed by atoms with Crippen molar-refractivity contribution in [2.75, 3.05) is 0 Å². The van der Waals surface area contributed by atoms with Gasteiger partial charge in [-0.2, -0.15) is 13.2 Å². The van der Waals surface area contributed by atoms with Crippen LogP contribution < -0.4 is 5.32 Å². The van der Waals surface area contributed by atoms with Crippen LogP contribution in [0.1, 0.15) is 43.5 Å². The van der Waals surface area contributed by atoms with E-state index < -0.39 is 23.9 Å². The lowest BCUT2D eigenvalue weighted by Gasteiger charge is -2.26. The first kappa shape index (κ1) is 14.4. The van der Waals surface area contributed by atoms with E-state index in [-0.39, 0.29) is 17.5 Å². The molecule has 6 heteroatoms. The molecule has 1 heterocycles. The fourth-order valence-corrected chi connectivity index (χ4v) is 2.92. The van der Waals surface area contributed by atoms with Gasteiger partial charge in [-0.05, 0) is 25.3 Å². The summed E-state index contributed by atoms with van der Waals surface area (Å²) < 4.78 is 39.6. The van der Waals surface area contributed by atoms with Crippen LogP contribution in [0, 0.1) is 0 Å². The number of rotatable bonds is 3. The first-order valence-electron chi connectivity index (χ1n) is 7.17. The molecule has 1 N–H and O–H groups in total. The van der Waals surface area contributed by atoms with Crippen molar-refractivity contribution in [1.82, 2.24) is 10.2 Å². The van der Waals surface area contributed by atoms with E-state index in [1.807, 2.05) is 6.92 Å². The van der Waals surface area contributed by atoms with Crippen LogP contribution in [0.25, 0.3) is 0 Å². The largest absolute Gasteiger partial charge is 0.416 e. The molecule has 114 valence electrons. The van der Waals surface area contributed by atoms with Crippen LogP contribution in [-0.2, 0) is 11.0 Å². The Morgan fingerprint density at radius 1 is 1.29 bits per heavy atom. The molecule has 0 aromatic heterocycles. The maximum atomic E-state index is 13.2. The molecule has 2 unspecified atom stereocenters. The number of amides is 1. The lowest BCUT2D eigenvalue weighted by atomic mass is 10.0. The quantitative estimate of drug-likeness (QED) is 0.930. The third-order valence-electron chi connectivity index (χ3n) is 4.10. The molecule has 1 saturated heterocycles. The number of nitrogens with zero attached hydrogens (tertiary/aromatic N) is 1. The van der Waals surface area contributed by atoms with Crippen molar-refractivity contribution in [3.8, 4) is 0 Å². The topological polar surface area (TPSA) is 32.3 Å². The number of benzene rings is 1. The van der Waals surface area contributed by atoms with Gasteiger partial charge in [0.05, 0.1) is 11.6 Å². The Bertz CT molecular complexity index is 554. The fourth-order valence-electron chi connectivity index (χ4n) is 2.92. The molecule has 2 atom stereocenters. The Labute approximate surface area is 121 Å². The van der Waals surface area contributed by atoms with Crippen molar-refractivity contribution in [3.05, 3.63) is 35.4 Å². The van der Waals surface area contributed by atoms with Gasteiger partial charge in [-0.3, -0.25) is 10.1 Å². The van der Waals surface area contributed by atoms with Crippen LogP contribution >= 0.6 is 0 Å². The van der Waals surface area contributed by atoms with Crippen LogP contribution in [0.5, 0.6) is 0 Å². The van der Waals surface area contributed by atoms with Crippen molar-refractivity contribution in [1.29, 1.82) is 0 Å². The molecule has 1 saturated carbocycles. The average Bonchev–Trinajstić information content (AvgIpc) is 3.21. The fraction of sp³-hybridized carbons (Fsp3) is 0.533. The zero-order valence-electron chi connectivity index (χ0n) is 11.7. The summed E-state index contributed by atoms with van der Waals surface area (Å²) >= 11 is 0. The van der Waals surface area contributed by atoms with Crippen molar-refractivity contribution in [2.45, 2.75) is 50.6 Å². The summed E-state index contributed by atoms with van der Waals surface area (Å²) in [5, 5.41) is 3.07. The molecule has 3 rings (SSSR count). The van der Waals surface area contributed by atoms with E-state index in [4.69, 9.17) is 0 Å². The molecular formula is C15H17F3N2O. The number of carbonyl (C=O) groups is 1. The molecule has 2 aliphatic rings. The van der Waals surface area contributed by atoms with E-state index in [2.05, 4.69) is 5.32 Å². The highest BCUT2D eigenvalue weighted by molar-refractivity contribution is 5.85. The lowest BCUT2D eigenvalue weighted by molar-refractivity contribution is -0.140. The first-order chi connectivity index (χ1) is 9.93. The maximum Gasteiger partial charge on any atom is 0.416 e. The van der Waals surface area contributed by atoms with E-state index in [1.54, 1.807) is 11.0 Å². The Morgan fingerprint density at radius 2 is 1.95 bits per heavy atom. The van der Waals surface area contributed by atoms with Gasteiger partial charge in [0.1, 0.15) is 6.17 Å². The van der Waals surface area contributed by atoms with E-state index in [0.29, 0.717) is 6.42 Å². The van der Waals surface area contributed by atoms with E-state index in [9.17, 15) is 18.0 Å². The molecule has 3 nitrogen and oxygen atoms in total. The maximum absolute atomic E-state index is 13.2. The van der Waals surface area contributed by atoms with Gasteiger partial charge in [-0.15, -0.1) is 0 Å². The summed E-state index contributed by atoms with van der Waals surface area (Å²) in [6.45, 7) is 1.86. The normalized spacial score (nSPS) is 26.5. The Kier molecular flexibility index (Phi) is 3.43. The molecular weight excluding hydrogens is 281 g/mol. The van der Waals surface area contributed by atoms with Gasteiger partial charge in [0.15, 0.2) is 0 Å². The molecule has 0 radical (unpaired) electrons. The van der Waals surface area contributed by atoms with Gasteiger partial charge >= 0.3 is 6.18 Å². The summed E-state index contributed by atoms with van der Waals surface area (Å²) in [5.74, 6) is -0.0815. The number of alkyl halides is 3. The zero-order chi connectivity index (χ0) is 15.2. The van der Waals surface area contributed by atoms with Crippen molar-refractivity contribution in [2.24, 2.45) is 0 Å². The van der Waals surface area contributed by atoms with Crippen molar-refractivity contribution >= 4 is 5.91 Å². The number of nitrogens with one attached hydrogen (secondary N) is 1. The van der Waals surface area contributed by atoms with E-state index in [0.717, 1.165) is 18.9 Å². The Morgan fingerprint density at radius 3 is 2.52 bits per heavy atom. The summed E-state index contributed by atoms with van der Waals surface area (Å²) in [5.41, 5.74) is -0.529. The second-order valence-corrected chi connectivity index (χ2v) is 5.59. The summed E-state index contributed by atoms with van der Waals surface area (Å²) in [6.07, 6.45) is -2.77. The van der Waals surface area contributed by atoms with Crippen LogP contribution in [0.4, 0.5) is 13.2 Å². The van der Waals surface area contributed by atoms with E-state index in [1.165, 1.54) is 12.1 Å². The third-order valence-corrected chi connectivity index (χ3v) is 4.10. The summed E-state index contributed by atoms with van der Waals surface area (Å²) in [6, 6.07) is 5.18. The Hall–Kier alpha value is -1.56. The smallest absolute Gasteiger partial charge is 0.319 e. The SMILES string of the molecule is CCC1NC(c2ccccc2C(F)(F)F)N(C2CC2)C1=O. The lowest BCUT2D eigenvalue weighted by Crippen LogP contribution is -2.33. The molecule has 2 fully saturated rings. The minimum Gasteiger partial charge on any atom is -0.319 e. The highest BCUT2D eigenvalue weighted by atomic mass is 19.4. The van der Waals surface area contributed by atoms with Crippen molar-refractivity contribution in [3.63, 3.8) is 0 Å². The average molecular weight is 298 g/mol. The van der Waals surface area contributed by atoms with Crippen LogP contribution in [0.2, 0.25) is 0 Å². The van der Waals surface area contributed by atoms with Crippen LogP contribution in [-0.4, -0.2) is 22.9 Å². The predicted molar refractivity (Wildman–Crippen MR) is 71.3 cm³/mol. The Balaban J connectivity index is 2.01. The molecule has 1 aliphatic heterocycles. The minimum absolute atomic E-state index is 0.0767. The van der Waals surface area contributed by atoms with Gasteiger partial charge in [0.25, 0.3) is 0 Å². The molecule has 21 heavy (non-hydrogen) atoms. The molecule has 1 aliphatic carbocycles. The first-order valence-corrected chi connectivity index (χ1v) is 7.17. The molecule has 1 aromatic rings. The molecule has 0 bridgehead atoms. The third kappa shape index (κ3) is 2.52. The van der Waals surface area contributed by atoms with Gasteiger partial charge in [0, 0.05) is 11.6 Å². The highest BCUT2D eigenvalue weighted by Crippen LogP contribution is 2.41. The highest BCUT2D eigenvalue weighted by Gasteiger charge is 2.48. The second kappa shape index (κ2) is 5.02. The van der Waals surface area contributed by atoms with E-state index >= 15 is 0 Å². The zero-order valence-corrected chi connectivity index (χ0v) is 11.7. The van der Waals surface area contributed by atoms with Crippen molar-refractivity contribution < 1.29 is 18.0 Å². The number of halogens is 3. The molecule has 1 amide bonds. The van der Waals surface area contributed by atoms with Crippen LogP contribution in [0.3, 0.4) is 0 Å². The second-order valence-electron chi connectivity index (χ2n) is 5.59. The monoisotopic (exact) mass is 298 g/mol. The van der Waals surface area contributed by atoms with Gasteiger partial charge in [-0.25, -0.2) is 0 Å². The number of carbonyl (C=O) groups excluding carboxylic acids is 1. The predicted octanol–water partition coefficient (Wildman–Crippen LogP) is 3.08. The standard InChI is InChI=1S/C15H17F3N2O/c1-2-12-14(21)20(9-7-8-9)13(19-12)10-5-3-4-6-11(10)15(16,17)18/h3-6,9,12-13,19H,2,7-8H2,1H3.